The summed E-state index contributed by atoms with van der Waals surface area (Å²) in [6.07, 6.45) is 3.09. The number of carboxylic acid groups (broad SMARTS) is 1. The Balaban J connectivity index is 2.50. The summed E-state index contributed by atoms with van der Waals surface area (Å²) in [6, 6.07) is 6.39. The fourth-order valence-electron chi connectivity index (χ4n) is 1.97. The molecule has 0 aliphatic carbocycles. The van der Waals surface area contributed by atoms with Crippen molar-refractivity contribution in [1.29, 1.82) is 0 Å². The van der Waals surface area contributed by atoms with Crippen LogP contribution in [-0.2, 0) is 11.8 Å². The molecule has 0 amide bonds. The smallest absolute Gasteiger partial charge is 0.332 e. The number of hydrogen-bond donors (Lipinski definition) is 2. The van der Waals surface area contributed by atoms with Gasteiger partial charge in [-0.2, -0.15) is 0 Å². The van der Waals surface area contributed by atoms with Gasteiger partial charge >= 0.3 is 11.7 Å². The van der Waals surface area contributed by atoms with Crippen LogP contribution >= 0.6 is 0 Å². The van der Waals surface area contributed by atoms with Crippen LogP contribution in [0.1, 0.15) is 18.0 Å². The lowest BCUT2D eigenvalue weighted by molar-refractivity contribution is -0.137. The molecule has 0 aliphatic heterocycles. The van der Waals surface area contributed by atoms with Gasteiger partial charge in [0, 0.05) is 25.5 Å². The number of para-hydroxylation sites is 1. The lowest BCUT2D eigenvalue weighted by Gasteiger charge is -2.14. The predicted molar refractivity (Wildman–Crippen MR) is 70.2 cm³/mol. The van der Waals surface area contributed by atoms with Gasteiger partial charge in [0.15, 0.2) is 0 Å². The maximum atomic E-state index is 11.9. The van der Waals surface area contributed by atoms with Crippen LogP contribution in [0, 0.1) is 0 Å². The van der Waals surface area contributed by atoms with Crippen LogP contribution in [0.5, 0.6) is 0 Å². The van der Waals surface area contributed by atoms with E-state index < -0.39 is 12.0 Å². The van der Waals surface area contributed by atoms with Gasteiger partial charge in [-0.1, -0.05) is 18.2 Å². The van der Waals surface area contributed by atoms with Crippen LogP contribution < -0.4 is 11.4 Å². The van der Waals surface area contributed by atoms with Crippen LogP contribution in [0.15, 0.2) is 41.5 Å². The third kappa shape index (κ3) is 2.58. The van der Waals surface area contributed by atoms with E-state index >= 15 is 0 Å². The molecule has 1 atom stereocenters. The lowest BCUT2D eigenvalue weighted by atomic mass is 10.0. The Labute approximate surface area is 109 Å². The second kappa shape index (κ2) is 5.11. The fraction of sp³-hybridized carbons (Fsp3) is 0.231. The normalized spacial score (nSPS) is 12.3. The molecule has 2 aromatic rings. The van der Waals surface area contributed by atoms with E-state index in [2.05, 4.69) is 0 Å². The molecule has 6 nitrogen and oxygen atoms in total. The summed E-state index contributed by atoms with van der Waals surface area (Å²) in [6.45, 7) is 0. The van der Waals surface area contributed by atoms with Gasteiger partial charge < -0.3 is 15.4 Å². The van der Waals surface area contributed by atoms with E-state index in [-0.39, 0.29) is 12.1 Å². The largest absolute Gasteiger partial charge is 0.481 e. The molecule has 2 rings (SSSR count). The minimum Gasteiger partial charge on any atom is -0.481 e. The molecule has 19 heavy (non-hydrogen) atoms. The highest BCUT2D eigenvalue weighted by atomic mass is 16.4. The first-order valence-corrected chi connectivity index (χ1v) is 5.81. The average Bonchev–Trinajstić information content (AvgIpc) is 2.69. The summed E-state index contributed by atoms with van der Waals surface area (Å²) in [5, 5.41) is 8.81. The number of imidazole rings is 1. The van der Waals surface area contributed by atoms with Crippen molar-refractivity contribution < 1.29 is 9.90 Å². The third-order valence-corrected chi connectivity index (χ3v) is 2.94. The summed E-state index contributed by atoms with van der Waals surface area (Å²) in [4.78, 5) is 22.7. The second-order valence-corrected chi connectivity index (χ2v) is 4.32. The van der Waals surface area contributed by atoms with E-state index in [1.165, 1.54) is 9.13 Å². The van der Waals surface area contributed by atoms with Crippen LogP contribution in [-0.4, -0.2) is 20.2 Å². The van der Waals surface area contributed by atoms with Gasteiger partial charge in [0.1, 0.15) is 0 Å². The molecule has 0 aliphatic rings. The van der Waals surface area contributed by atoms with Crippen molar-refractivity contribution in [3.8, 4) is 5.69 Å². The lowest BCUT2D eigenvalue weighted by Crippen LogP contribution is -2.23. The van der Waals surface area contributed by atoms with E-state index in [1.807, 2.05) is 0 Å². The molecule has 100 valence electrons. The van der Waals surface area contributed by atoms with Crippen molar-refractivity contribution in [2.24, 2.45) is 12.8 Å². The molecule has 3 N–H and O–H groups in total. The van der Waals surface area contributed by atoms with Gasteiger partial charge in [0.05, 0.1) is 12.1 Å². The van der Waals surface area contributed by atoms with E-state index in [9.17, 15) is 9.59 Å². The van der Waals surface area contributed by atoms with Crippen LogP contribution in [0.2, 0.25) is 0 Å². The number of aromatic nitrogens is 2. The number of nitrogens with zero attached hydrogens (tertiary/aromatic N) is 2. The molecular formula is C13H15N3O3. The number of aliphatic carboxylic acids is 1. The number of nitrogens with two attached hydrogens (primary N) is 1. The molecule has 0 radical (unpaired) electrons. The molecule has 0 spiro atoms. The van der Waals surface area contributed by atoms with Crippen molar-refractivity contribution in [3.05, 3.63) is 52.7 Å². The number of benzene rings is 1. The summed E-state index contributed by atoms with van der Waals surface area (Å²) in [5.74, 6) is -0.970. The van der Waals surface area contributed by atoms with Crippen molar-refractivity contribution in [1.82, 2.24) is 9.13 Å². The minimum atomic E-state index is -0.970. The highest BCUT2D eigenvalue weighted by Gasteiger charge is 2.16. The minimum absolute atomic E-state index is 0.182. The Kier molecular flexibility index (Phi) is 3.52. The third-order valence-electron chi connectivity index (χ3n) is 2.94. The maximum Gasteiger partial charge on any atom is 0.332 e. The van der Waals surface area contributed by atoms with Crippen molar-refractivity contribution in [2.75, 3.05) is 0 Å². The van der Waals surface area contributed by atoms with Gasteiger partial charge in [-0.05, 0) is 11.6 Å². The predicted octanol–water partition coefficient (Wildman–Crippen LogP) is 0.650. The van der Waals surface area contributed by atoms with Crippen molar-refractivity contribution in [3.63, 3.8) is 0 Å². The zero-order valence-electron chi connectivity index (χ0n) is 10.5. The Hall–Kier alpha value is -2.34. The first-order valence-electron chi connectivity index (χ1n) is 5.81. The van der Waals surface area contributed by atoms with Gasteiger partial charge in [-0.25, -0.2) is 4.79 Å². The van der Waals surface area contributed by atoms with Crippen LogP contribution in [0.4, 0.5) is 0 Å². The zero-order valence-corrected chi connectivity index (χ0v) is 10.5. The summed E-state index contributed by atoms with van der Waals surface area (Å²) < 4.78 is 2.90. The van der Waals surface area contributed by atoms with E-state index in [1.54, 1.807) is 43.7 Å². The number of hydrogen-bond acceptors (Lipinski definition) is 3. The summed E-state index contributed by atoms with van der Waals surface area (Å²) in [7, 11) is 1.65. The van der Waals surface area contributed by atoms with E-state index in [0.29, 0.717) is 11.3 Å². The van der Waals surface area contributed by atoms with Crippen LogP contribution in [0.25, 0.3) is 5.69 Å². The zero-order chi connectivity index (χ0) is 14.0. The summed E-state index contributed by atoms with van der Waals surface area (Å²) in [5.41, 5.74) is 6.94. The topological polar surface area (TPSA) is 90.2 Å². The molecule has 0 saturated heterocycles. The van der Waals surface area contributed by atoms with E-state index in [4.69, 9.17) is 10.8 Å². The van der Waals surface area contributed by atoms with Crippen molar-refractivity contribution in [2.45, 2.75) is 12.5 Å². The molecule has 0 fully saturated rings. The standard InChI is InChI=1S/C13H15N3O3/c1-15-6-7-16(13(15)19)11-5-3-2-4-9(11)10(14)8-12(17)18/h2-7,10H,8,14H2,1H3,(H,17,18). The number of rotatable bonds is 4. The number of aryl methyl sites for hydroxylation is 1. The Bertz CT molecular complexity index is 657. The second-order valence-electron chi connectivity index (χ2n) is 4.32. The first kappa shape index (κ1) is 13.1. The molecule has 6 heteroatoms. The highest BCUT2D eigenvalue weighted by Crippen LogP contribution is 2.21. The molecule has 1 heterocycles. The number of carboxylic acids is 1. The molecule has 1 aromatic heterocycles. The van der Waals surface area contributed by atoms with Gasteiger partial charge in [0.25, 0.3) is 0 Å². The molecular weight excluding hydrogens is 246 g/mol. The fourth-order valence-corrected chi connectivity index (χ4v) is 1.97. The molecule has 1 aromatic carbocycles. The Morgan fingerprint density at radius 1 is 1.37 bits per heavy atom. The maximum absolute atomic E-state index is 11.9. The van der Waals surface area contributed by atoms with Gasteiger partial charge in [0.2, 0.25) is 0 Å². The van der Waals surface area contributed by atoms with Crippen molar-refractivity contribution >= 4 is 5.97 Å². The first-order chi connectivity index (χ1) is 9.00. The highest BCUT2D eigenvalue weighted by molar-refractivity contribution is 5.68. The van der Waals surface area contributed by atoms with Crippen LogP contribution in [0.3, 0.4) is 0 Å². The van der Waals surface area contributed by atoms with E-state index in [0.717, 1.165) is 0 Å². The quantitative estimate of drug-likeness (QED) is 0.845. The Morgan fingerprint density at radius 2 is 2.05 bits per heavy atom. The summed E-state index contributed by atoms with van der Waals surface area (Å²) >= 11 is 0. The monoisotopic (exact) mass is 261 g/mol. The molecule has 0 saturated carbocycles. The SMILES string of the molecule is Cn1ccn(-c2ccccc2C(N)CC(=O)O)c1=O. The molecule has 0 bridgehead atoms. The van der Waals surface area contributed by atoms with Gasteiger partial charge in [-0.15, -0.1) is 0 Å². The Morgan fingerprint density at radius 3 is 2.63 bits per heavy atom. The number of carbonyl (C=O) groups is 1. The average molecular weight is 261 g/mol. The molecule has 1 unspecified atom stereocenters. The van der Waals surface area contributed by atoms with Gasteiger partial charge in [-0.3, -0.25) is 9.36 Å².